The zero-order valence-electron chi connectivity index (χ0n) is 15.2. The van der Waals surface area contributed by atoms with Crippen molar-refractivity contribution in [2.75, 3.05) is 23.3 Å². The van der Waals surface area contributed by atoms with Crippen LogP contribution in [0.2, 0.25) is 0 Å². The molecule has 0 radical (unpaired) electrons. The van der Waals surface area contributed by atoms with Crippen LogP contribution in [0.25, 0.3) is 11.0 Å². The Morgan fingerprint density at radius 2 is 1.93 bits per heavy atom. The van der Waals surface area contributed by atoms with Gasteiger partial charge in [-0.2, -0.15) is 0 Å². The third-order valence-corrected chi connectivity index (χ3v) is 4.73. The van der Waals surface area contributed by atoms with Gasteiger partial charge in [-0.25, -0.2) is 4.98 Å². The first kappa shape index (κ1) is 17.7. The fourth-order valence-corrected chi connectivity index (χ4v) is 3.61. The smallest absolute Gasteiger partial charge is 0.257 e. The second-order valence-electron chi connectivity index (χ2n) is 6.86. The first-order chi connectivity index (χ1) is 13.0. The van der Waals surface area contributed by atoms with Crippen LogP contribution in [0, 0.1) is 4.77 Å². The number of aromatic nitrogens is 3. The van der Waals surface area contributed by atoms with Crippen LogP contribution in [0.3, 0.4) is 0 Å². The quantitative estimate of drug-likeness (QED) is 0.603. The van der Waals surface area contributed by atoms with Gasteiger partial charge in [-0.3, -0.25) is 4.79 Å². The lowest BCUT2D eigenvalue weighted by molar-refractivity contribution is -0.00546. The SMILES string of the molecule is C[C@H]1CN(c2ccc(C(=O)Nc3ccc4[nH]c(=S)[nH]c4c3)cn2)C[C@H](C)O1. The highest BCUT2D eigenvalue weighted by Crippen LogP contribution is 2.20. The second-order valence-corrected chi connectivity index (χ2v) is 7.27. The number of benzene rings is 1. The Morgan fingerprint density at radius 1 is 1.19 bits per heavy atom. The van der Waals surface area contributed by atoms with Gasteiger partial charge in [0.15, 0.2) is 4.77 Å². The first-order valence-electron chi connectivity index (χ1n) is 8.88. The number of amides is 1. The van der Waals surface area contributed by atoms with Crippen molar-refractivity contribution in [3.05, 3.63) is 46.9 Å². The van der Waals surface area contributed by atoms with Crippen molar-refractivity contribution in [1.82, 2.24) is 15.0 Å². The van der Waals surface area contributed by atoms with Crippen LogP contribution >= 0.6 is 12.2 Å². The fourth-order valence-electron chi connectivity index (χ4n) is 3.39. The summed E-state index contributed by atoms with van der Waals surface area (Å²) in [6, 6.07) is 9.23. The number of aromatic amines is 2. The minimum absolute atomic E-state index is 0.161. The third kappa shape index (κ3) is 3.86. The summed E-state index contributed by atoms with van der Waals surface area (Å²) in [5.41, 5.74) is 2.95. The minimum Gasteiger partial charge on any atom is -0.372 e. The number of fused-ring (bicyclic) bond motifs is 1. The third-order valence-electron chi connectivity index (χ3n) is 4.53. The standard InChI is InChI=1S/C19H21N5O2S/c1-11-9-24(10-12(2)26-11)17-6-3-13(8-20-17)18(25)21-14-4-5-15-16(7-14)23-19(27)22-15/h3-8,11-12H,9-10H2,1-2H3,(H,21,25)(H2,22,23,27)/t11-,12-/m0/s1. The van der Waals surface area contributed by atoms with Gasteiger partial charge in [0.1, 0.15) is 5.82 Å². The lowest BCUT2D eigenvalue weighted by Gasteiger charge is -2.36. The minimum atomic E-state index is -0.203. The molecule has 27 heavy (non-hydrogen) atoms. The van der Waals surface area contributed by atoms with Crippen molar-refractivity contribution in [2.24, 2.45) is 0 Å². The molecule has 0 unspecified atom stereocenters. The molecule has 1 amide bonds. The number of nitrogens with one attached hydrogen (secondary N) is 3. The molecule has 0 spiro atoms. The maximum Gasteiger partial charge on any atom is 0.257 e. The van der Waals surface area contributed by atoms with Gasteiger partial charge in [-0.15, -0.1) is 0 Å². The Labute approximate surface area is 161 Å². The van der Waals surface area contributed by atoms with Crippen molar-refractivity contribution in [2.45, 2.75) is 26.1 Å². The van der Waals surface area contributed by atoms with Gasteiger partial charge >= 0.3 is 0 Å². The number of ether oxygens (including phenoxy) is 1. The number of carbonyl (C=O) groups excluding carboxylic acids is 1. The van der Waals surface area contributed by atoms with Crippen LogP contribution in [0.15, 0.2) is 36.5 Å². The van der Waals surface area contributed by atoms with Crippen molar-refractivity contribution < 1.29 is 9.53 Å². The average molecular weight is 383 g/mol. The van der Waals surface area contributed by atoms with Gasteiger partial charge in [-0.05, 0) is 56.4 Å². The molecule has 1 aliphatic rings. The Morgan fingerprint density at radius 3 is 2.63 bits per heavy atom. The fraction of sp³-hybridized carbons (Fsp3) is 0.316. The van der Waals surface area contributed by atoms with Crippen molar-refractivity contribution in [1.29, 1.82) is 0 Å². The number of pyridine rings is 1. The Kier molecular flexibility index (Phi) is 4.67. The topological polar surface area (TPSA) is 86.0 Å². The molecule has 8 heteroatoms. The molecule has 1 saturated heterocycles. The summed E-state index contributed by atoms with van der Waals surface area (Å²) in [4.78, 5) is 25.3. The zero-order valence-corrected chi connectivity index (χ0v) is 16.0. The number of morpholine rings is 1. The predicted molar refractivity (Wildman–Crippen MR) is 108 cm³/mol. The lowest BCUT2D eigenvalue weighted by atomic mass is 10.2. The average Bonchev–Trinajstić information content (AvgIpc) is 3.00. The zero-order chi connectivity index (χ0) is 19.0. The molecule has 1 aliphatic heterocycles. The van der Waals surface area contributed by atoms with E-state index >= 15 is 0 Å². The highest BCUT2D eigenvalue weighted by molar-refractivity contribution is 7.71. The highest BCUT2D eigenvalue weighted by Gasteiger charge is 2.23. The molecule has 1 fully saturated rings. The van der Waals surface area contributed by atoms with E-state index in [1.54, 1.807) is 12.3 Å². The van der Waals surface area contributed by atoms with Gasteiger partial charge in [-0.1, -0.05) is 0 Å². The largest absolute Gasteiger partial charge is 0.372 e. The van der Waals surface area contributed by atoms with Crippen molar-refractivity contribution in [3.63, 3.8) is 0 Å². The van der Waals surface area contributed by atoms with Gasteiger partial charge in [0.05, 0.1) is 28.8 Å². The summed E-state index contributed by atoms with van der Waals surface area (Å²) in [6.07, 6.45) is 1.93. The molecular weight excluding hydrogens is 362 g/mol. The monoisotopic (exact) mass is 383 g/mol. The molecule has 140 valence electrons. The van der Waals surface area contributed by atoms with E-state index in [1.165, 1.54) is 0 Å². The van der Waals surface area contributed by atoms with Crippen LogP contribution in [0.4, 0.5) is 11.5 Å². The van der Waals surface area contributed by atoms with Crippen LogP contribution in [-0.2, 0) is 4.74 Å². The molecule has 3 aromatic rings. The molecule has 4 rings (SSSR count). The normalized spacial score (nSPS) is 20.0. The van der Waals surface area contributed by atoms with Gasteiger partial charge in [0.2, 0.25) is 0 Å². The molecule has 2 aromatic heterocycles. The van der Waals surface area contributed by atoms with Crippen LogP contribution in [-0.4, -0.2) is 46.2 Å². The summed E-state index contributed by atoms with van der Waals surface area (Å²) < 4.78 is 6.31. The Hall–Kier alpha value is -2.71. The molecule has 3 N–H and O–H groups in total. The molecule has 7 nitrogen and oxygen atoms in total. The van der Waals surface area contributed by atoms with Gasteiger partial charge in [0, 0.05) is 25.0 Å². The van der Waals surface area contributed by atoms with E-state index in [0.29, 0.717) is 16.0 Å². The van der Waals surface area contributed by atoms with Gasteiger partial charge < -0.3 is 24.9 Å². The number of rotatable bonds is 3. The molecule has 0 aliphatic carbocycles. The second kappa shape index (κ2) is 7.13. The number of hydrogen-bond acceptors (Lipinski definition) is 5. The lowest BCUT2D eigenvalue weighted by Crippen LogP contribution is -2.45. The maximum absolute atomic E-state index is 12.5. The van der Waals surface area contributed by atoms with Crippen LogP contribution in [0.1, 0.15) is 24.2 Å². The maximum atomic E-state index is 12.5. The van der Waals surface area contributed by atoms with Crippen LogP contribution in [0.5, 0.6) is 0 Å². The molecule has 0 bridgehead atoms. The number of H-pyrrole nitrogens is 2. The van der Waals surface area contributed by atoms with E-state index in [4.69, 9.17) is 17.0 Å². The van der Waals surface area contributed by atoms with E-state index in [-0.39, 0.29) is 18.1 Å². The number of imidazole rings is 1. The molecule has 0 saturated carbocycles. The highest BCUT2D eigenvalue weighted by atomic mass is 32.1. The van der Waals surface area contributed by atoms with Crippen molar-refractivity contribution in [3.8, 4) is 0 Å². The predicted octanol–water partition coefficient (Wildman–Crippen LogP) is 3.49. The summed E-state index contributed by atoms with van der Waals surface area (Å²) in [5, 5.41) is 2.89. The van der Waals surface area contributed by atoms with E-state index in [1.807, 2.05) is 24.3 Å². The summed E-state index contributed by atoms with van der Waals surface area (Å²) in [7, 11) is 0. The summed E-state index contributed by atoms with van der Waals surface area (Å²) in [6.45, 7) is 5.69. The van der Waals surface area contributed by atoms with Crippen LogP contribution < -0.4 is 10.2 Å². The van der Waals surface area contributed by atoms with E-state index in [2.05, 4.69) is 39.0 Å². The molecular formula is C19H21N5O2S. The Bertz CT molecular complexity index is 1020. The van der Waals surface area contributed by atoms with Crippen molar-refractivity contribution >= 4 is 40.7 Å². The Balaban J connectivity index is 1.47. The number of carbonyl (C=O) groups is 1. The molecule has 1 aromatic carbocycles. The summed E-state index contributed by atoms with van der Waals surface area (Å²) in [5.74, 6) is 0.654. The first-order valence-corrected chi connectivity index (χ1v) is 9.28. The molecule has 2 atom stereocenters. The number of nitrogens with zero attached hydrogens (tertiary/aromatic N) is 2. The number of hydrogen-bond donors (Lipinski definition) is 3. The molecule has 3 heterocycles. The van der Waals surface area contributed by atoms with E-state index in [9.17, 15) is 4.79 Å². The van der Waals surface area contributed by atoms with E-state index < -0.39 is 0 Å². The summed E-state index contributed by atoms with van der Waals surface area (Å²) >= 11 is 5.08. The number of anilines is 2. The van der Waals surface area contributed by atoms with E-state index in [0.717, 1.165) is 29.9 Å². The van der Waals surface area contributed by atoms with Gasteiger partial charge in [0.25, 0.3) is 5.91 Å².